The van der Waals surface area contributed by atoms with E-state index in [1.165, 1.54) is 19.3 Å². The molecule has 1 aromatic rings. The molecule has 0 aromatic carbocycles. The number of hydrazone groups is 1. The Kier molecular flexibility index (Phi) is 3.06. The lowest BCUT2D eigenvalue weighted by Gasteiger charge is -2.64. The van der Waals surface area contributed by atoms with Crippen LogP contribution in [-0.2, 0) is 4.79 Å². The Bertz CT molecular complexity index is 603. The van der Waals surface area contributed by atoms with E-state index in [4.69, 9.17) is 0 Å². The molecule has 0 spiro atoms. The first-order chi connectivity index (χ1) is 10.4. The van der Waals surface area contributed by atoms with Crippen molar-refractivity contribution in [3.05, 3.63) is 22.4 Å². The Balaban J connectivity index is 1.53. The number of thiophene rings is 1. The predicted molar refractivity (Wildman–Crippen MR) is 89.9 cm³/mol. The van der Waals surface area contributed by atoms with Crippen LogP contribution in [0.15, 0.2) is 22.6 Å². The molecule has 1 N–H and O–H groups in total. The van der Waals surface area contributed by atoms with Crippen molar-refractivity contribution in [3.63, 3.8) is 0 Å². The first kappa shape index (κ1) is 14.4. The summed E-state index contributed by atoms with van der Waals surface area (Å²) >= 11 is 1.63. The number of carbonyl (C=O) groups excluding carboxylic acids is 1. The highest BCUT2D eigenvalue weighted by Crippen LogP contribution is 2.69. The van der Waals surface area contributed by atoms with Crippen molar-refractivity contribution in [1.82, 2.24) is 5.43 Å². The number of amides is 1. The van der Waals surface area contributed by atoms with E-state index in [0.717, 1.165) is 30.1 Å². The van der Waals surface area contributed by atoms with Crippen LogP contribution in [0.5, 0.6) is 0 Å². The summed E-state index contributed by atoms with van der Waals surface area (Å²) in [5.74, 6) is 0.889. The van der Waals surface area contributed by atoms with Crippen LogP contribution in [0, 0.1) is 22.2 Å². The summed E-state index contributed by atoms with van der Waals surface area (Å²) in [6, 6.07) is 4.00. The molecule has 22 heavy (non-hydrogen) atoms. The second-order valence-corrected chi connectivity index (χ2v) is 9.60. The highest BCUT2D eigenvalue weighted by atomic mass is 32.1. The van der Waals surface area contributed by atoms with Crippen LogP contribution in [-0.4, -0.2) is 12.1 Å². The molecule has 0 radical (unpaired) electrons. The van der Waals surface area contributed by atoms with Gasteiger partial charge in [0.1, 0.15) is 0 Å². The fourth-order valence-electron chi connectivity index (χ4n) is 6.34. The van der Waals surface area contributed by atoms with Crippen LogP contribution in [0.25, 0.3) is 0 Å². The third-order valence-corrected chi connectivity index (χ3v) is 6.82. The van der Waals surface area contributed by atoms with Crippen LogP contribution in [0.4, 0.5) is 0 Å². The fraction of sp³-hybridized carbons (Fsp3) is 0.667. The molecule has 2 atom stereocenters. The molecule has 3 nitrogen and oxygen atoms in total. The first-order valence-electron chi connectivity index (χ1n) is 8.28. The molecule has 4 aliphatic rings. The van der Waals surface area contributed by atoms with E-state index in [0.29, 0.717) is 10.8 Å². The summed E-state index contributed by atoms with van der Waals surface area (Å²) in [5, 5.41) is 6.22. The van der Waals surface area contributed by atoms with E-state index < -0.39 is 0 Å². The third-order valence-electron chi connectivity index (χ3n) is 6.01. The average Bonchev–Trinajstić information content (AvgIpc) is 2.87. The SMILES string of the molecule is CC12CC3CC(C)(C1)CC(C(=O)N/N=C/c1cccs1)(C3)C2. The normalized spacial score (nSPS) is 42.9. The van der Waals surface area contributed by atoms with Gasteiger partial charge in [-0.15, -0.1) is 11.3 Å². The maximum atomic E-state index is 12.9. The van der Waals surface area contributed by atoms with Gasteiger partial charge in [-0.25, -0.2) is 5.43 Å². The summed E-state index contributed by atoms with van der Waals surface area (Å²) in [6.07, 6.45) is 8.85. The van der Waals surface area contributed by atoms with Crippen molar-refractivity contribution in [3.8, 4) is 0 Å². The molecular weight excluding hydrogens is 292 g/mol. The Hall–Kier alpha value is -1.16. The molecule has 4 bridgehead atoms. The van der Waals surface area contributed by atoms with E-state index in [9.17, 15) is 4.79 Å². The van der Waals surface area contributed by atoms with Gasteiger partial charge in [0, 0.05) is 4.88 Å². The number of rotatable bonds is 3. The lowest BCUT2D eigenvalue weighted by Crippen LogP contribution is -2.59. The zero-order chi connectivity index (χ0) is 15.4. The molecule has 4 fully saturated rings. The van der Waals surface area contributed by atoms with Crippen molar-refractivity contribution in [2.75, 3.05) is 0 Å². The van der Waals surface area contributed by atoms with E-state index >= 15 is 0 Å². The monoisotopic (exact) mass is 316 g/mol. The van der Waals surface area contributed by atoms with Gasteiger partial charge in [0.2, 0.25) is 5.91 Å². The average molecular weight is 316 g/mol. The molecule has 1 amide bonds. The minimum absolute atomic E-state index is 0.154. The Morgan fingerprint density at radius 2 is 2.00 bits per heavy atom. The molecule has 118 valence electrons. The van der Waals surface area contributed by atoms with Crippen molar-refractivity contribution in [2.45, 2.75) is 52.4 Å². The minimum atomic E-state index is -0.171. The van der Waals surface area contributed by atoms with Gasteiger partial charge in [0.05, 0.1) is 11.6 Å². The molecule has 4 heteroatoms. The van der Waals surface area contributed by atoms with Crippen LogP contribution >= 0.6 is 11.3 Å². The topological polar surface area (TPSA) is 41.5 Å². The van der Waals surface area contributed by atoms with Gasteiger partial charge >= 0.3 is 0 Å². The number of hydrogen-bond acceptors (Lipinski definition) is 3. The zero-order valence-corrected chi connectivity index (χ0v) is 14.2. The summed E-state index contributed by atoms with van der Waals surface area (Å²) < 4.78 is 0. The summed E-state index contributed by atoms with van der Waals surface area (Å²) in [7, 11) is 0. The van der Waals surface area contributed by atoms with Crippen LogP contribution in [0.3, 0.4) is 0 Å². The molecule has 1 aromatic heterocycles. The highest BCUT2D eigenvalue weighted by Gasteiger charge is 2.62. The lowest BCUT2D eigenvalue weighted by molar-refractivity contribution is -0.170. The molecular formula is C18H24N2OS. The quantitative estimate of drug-likeness (QED) is 0.659. The number of hydrogen-bond donors (Lipinski definition) is 1. The van der Waals surface area contributed by atoms with Gasteiger partial charge in [-0.1, -0.05) is 19.9 Å². The van der Waals surface area contributed by atoms with Gasteiger partial charge in [-0.2, -0.15) is 5.10 Å². The third kappa shape index (κ3) is 2.32. The van der Waals surface area contributed by atoms with E-state index in [1.54, 1.807) is 17.6 Å². The molecule has 1 heterocycles. The fourth-order valence-corrected chi connectivity index (χ4v) is 6.92. The Morgan fingerprint density at radius 3 is 2.59 bits per heavy atom. The summed E-state index contributed by atoms with van der Waals surface area (Å²) in [4.78, 5) is 14.0. The van der Waals surface area contributed by atoms with Crippen LogP contribution in [0.2, 0.25) is 0 Å². The van der Waals surface area contributed by atoms with Crippen molar-refractivity contribution in [1.29, 1.82) is 0 Å². The number of carbonyl (C=O) groups is 1. The second kappa shape index (κ2) is 4.67. The molecule has 2 unspecified atom stereocenters. The number of nitrogens with one attached hydrogen (secondary N) is 1. The highest BCUT2D eigenvalue weighted by molar-refractivity contribution is 7.11. The first-order valence-corrected chi connectivity index (χ1v) is 9.16. The van der Waals surface area contributed by atoms with Crippen LogP contribution < -0.4 is 5.43 Å². The van der Waals surface area contributed by atoms with Gasteiger partial charge in [0.25, 0.3) is 0 Å². The van der Waals surface area contributed by atoms with Crippen molar-refractivity contribution < 1.29 is 4.79 Å². The summed E-state index contributed by atoms with van der Waals surface area (Å²) in [5.41, 5.74) is 3.41. The molecule has 4 aliphatic carbocycles. The maximum Gasteiger partial charge on any atom is 0.246 e. The van der Waals surface area contributed by atoms with E-state index in [-0.39, 0.29) is 11.3 Å². The van der Waals surface area contributed by atoms with Gasteiger partial charge < -0.3 is 0 Å². The standard InChI is InChI=1S/C18H24N2OS/c1-16-6-13-7-17(2,10-16)12-18(8-13,11-16)15(21)20-19-9-14-4-3-5-22-14/h3-5,9,13H,6-8,10-12H2,1-2H3,(H,20,21)/b19-9+. The summed E-state index contributed by atoms with van der Waals surface area (Å²) in [6.45, 7) is 4.79. The van der Waals surface area contributed by atoms with Crippen molar-refractivity contribution >= 4 is 23.5 Å². The van der Waals surface area contributed by atoms with Gasteiger partial charge in [0.15, 0.2) is 0 Å². The molecule has 0 aliphatic heterocycles. The minimum Gasteiger partial charge on any atom is -0.273 e. The molecule has 0 saturated heterocycles. The van der Waals surface area contributed by atoms with Crippen molar-refractivity contribution in [2.24, 2.45) is 27.3 Å². The smallest absolute Gasteiger partial charge is 0.246 e. The molecule has 5 rings (SSSR count). The van der Waals surface area contributed by atoms with Gasteiger partial charge in [-0.05, 0) is 66.7 Å². The molecule has 4 saturated carbocycles. The zero-order valence-electron chi connectivity index (χ0n) is 13.4. The lowest BCUT2D eigenvalue weighted by atomic mass is 9.40. The Morgan fingerprint density at radius 1 is 1.27 bits per heavy atom. The Labute approximate surface area is 136 Å². The largest absolute Gasteiger partial charge is 0.273 e. The van der Waals surface area contributed by atoms with Gasteiger partial charge in [-0.3, -0.25) is 4.79 Å². The maximum absolute atomic E-state index is 12.9. The van der Waals surface area contributed by atoms with E-state index in [1.807, 2.05) is 17.5 Å². The number of nitrogens with zero attached hydrogens (tertiary/aromatic N) is 1. The van der Waals surface area contributed by atoms with E-state index in [2.05, 4.69) is 24.4 Å². The predicted octanol–water partition coefficient (Wildman–Crippen LogP) is 4.19. The van der Waals surface area contributed by atoms with Crippen LogP contribution in [0.1, 0.15) is 57.2 Å². The second-order valence-electron chi connectivity index (χ2n) is 8.62.